The monoisotopic (exact) mass is 444 g/mol. The summed E-state index contributed by atoms with van der Waals surface area (Å²) in [5, 5.41) is 0.630. The van der Waals surface area contributed by atoms with E-state index in [2.05, 4.69) is 14.9 Å². The molecule has 0 bridgehead atoms. The average molecular weight is 445 g/mol. The summed E-state index contributed by atoms with van der Waals surface area (Å²) in [5.74, 6) is 2.21. The third-order valence-electron chi connectivity index (χ3n) is 5.59. The van der Waals surface area contributed by atoms with E-state index in [1.807, 2.05) is 18.2 Å². The number of piperazine rings is 1. The second kappa shape index (κ2) is 8.37. The highest BCUT2D eigenvalue weighted by molar-refractivity contribution is 7.89. The Bertz CT molecular complexity index is 1170. The fourth-order valence-corrected chi connectivity index (χ4v) is 5.49. The van der Waals surface area contributed by atoms with Gasteiger partial charge in [-0.2, -0.15) is 4.31 Å². The normalized spacial score (nSPS) is 17.3. The van der Waals surface area contributed by atoms with Gasteiger partial charge in [-0.1, -0.05) is 0 Å². The van der Waals surface area contributed by atoms with Gasteiger partial charge in [-0.25, -0.2) is 13.4 Å². The van der Waals surface area contributed by atoms with Crippen molar-refractivity contribution in [3.63, 3.8) is 0 Å². The third kappa shape index (κ3) is 4.06. The van der Waals surface area contributed by atoms with Gasteiger partial charge < -0.3 is 24.1 Å². The fourth-order valence-electron chi connectivity index (χ4n) is 3.92. The number of rotatable bonds is 7. The molecule has 1 fully saturated rings. The minimum Gasteiger partial charge on any atom is -0.493 e. The molecule has 2 aliphatic rings. The van der Waals surface area contributed by atoms with Crippen LogP contribution in [0.3, 0.4) is 0 Å². The molecule has 1 saturated heterocycles. The smallest absolute Gasteiger partial charge is 0.245 e. The molecule has 9 nitrogen and oxygen atoms in total. The highest BCUT2D eigenvalue weighted by atomic mass is 32.2. The molecule has 2 aromatic heterocycles. The lowest BCUT2D eigenvalue weighted by molar-refractivity contribution is 0.172. The van der Waals surface area contributed by atoms with E-state index in [-0.39, 0.29) is 6.79 Å². The lowest BCUT2D eigenvalue weighted by Crippen LogP contribution is -2.48. The number of hydrogen-bond donors (Lipinski definition) is 1. The SMILES string of the molecule is O=S(=O)(c1c[nH]c2ncccc12)N1CCN(CCCOc2ccc3c(c2)OCO3)CC1. The van der Waals surface area contributed by atoms with Gasteiger partial charge in [0.25, 0.3) is 0 Å². The number of nitrogens with one attached hydrogen (secondary N) is 1. The number of benzene rings is 1. The van der Waals surface area contributed by atoms with Crippen LogP contribution in [0, 0.1) is 0 Å². The van der Waals surface area contributed by atoms with E-state index in [9.17, 15) is 8.42 Å². The molecule has 1 N–H and O–H groups in total. The molecule has 0 atom stereocenters. The summed E-state index contributed by atoms with van der Waals surface area (Å²) in [6.45, 7) is 4.03. The highest BCUT2D eigenvalue weighted by Gasteiger charge is 2.30. The Labute approximate surface area is 180 Å². The van der Waals surface area contributed by atoms with Gasteiger partial charge in [0.15, 0.2) is 11.5 Å². The van der Waals surface area contributed by atoms with Crippen LogP contribution in [0.4, 0.5) is 0 Å². The summed E-state index contributed by atoms with van der Waals surface area (Å²) in [5.41, 5.74) is 0.585. The van der Waals surface area contributed by atoms with E-state index in [4.69, 9.17) is 14.2 Å². The Kier molecular flexibility index (Phi) is 5.43. The molecule has 10 heteroatoms. The number of aromatic amines is 1. The molecule has 1 aromatic carbocycles. The van der Waals surface area contributed by atoms with Crippen molar-refractivity contribution in [1.82, 2.24) is 19.2 Å². The zero-order valence-corrected chi connectivity index (χ0v) is 17.8. The zero-order valence-electron chi connectivity index (χ0n) is 17.0. The molecule has 31 heavy (non-hydrogen) atoms. The first-order valence-electron chi connectivity index (χ1n) is 10.3. The first-order chi connectivity index (χ1) is 15.1. The summed E-state index contributed by atoms with van der Waals surface area (Å²) in [6, 6.07) is 9.09. The maximum atomic E-state index is 13.1. The first-order valence-corrected chi connectivity index (χ1v) is 11.7. The maximum absolute atomic E-state index is 13.1. The van der Waals surface area contributed by atoms with Gasteiger partial charge in [0.2, 0.25) is 16.8 Å². The van der Waals surface area contributed by atoms with E-state index in [1.165, 1.54) is 6.20 Å². The van der Waals surface area contributed by atoms with Crippen molar-refractivity contribution in [3.05, 3.63) is 42.7 Å². The van der Waals surface area contributed by atoms with Gasteiger partial charge in [0, 0.05) is 56.6 Å². The molecule has 0 saturated carbocycles. The number of sulfonamides is 1. The zero-order chi connectivity index (χ0) is 21.3. The standard InChI is InChI=1S/C21H24N4O5S/c26-31(27,20-14-23-21-17(20)3-1-6-22-21)25-10-8-24(9-11-25)7-2-12-28-16-4-5-18-19(13-16)30-15-29-18/h1,3-6,13-14H,2,7-12,15H2,(H,22,23). The van der Waals surface area contributed by atoms with E-state index in [1.54, 1.807) is 22.6 Å². The van der Waals surface area contributed by atoms with Crippen molar-refractivity contribution in [1.29, 1.82) is 0 Å². The summed E-state index contributed by atoms with van der Waals surface area (Å²) in [7, 11) is -3.55. The Morgan fingerprint density at radius 3 is 2.81 bits per heavy atom. The molecule has 0 amide bonds. The number of fused-ring (bicyclic) bond motifs is 2. The number of pyridine rings is 1. The maximum Gasteiger partial charge on any atom is 0.245 e. The van der Waals surface area contributed by atoms with Crippen molar-refractivity contribution in [2.45, 2.75) is 11.3 Å². The average Bonchev–Trinajstić information content (AvgIpc) is 3.44. The molecule has 4 heterocycles. The number of aromatic nitrogens is 2. The quantitative estimate of drug-likeness (QED) is 0.557. The minimum absolute atomic E-state index is 0.248. The van der Waals surface area contributed by atoms with Crippen molar-refractivity contribution >= 4 is 21.1 Å². The second-order valence-corrected chi connectivity index (χ2v) is 9.42. The van der Waals surface area contributed by atoms with Crippen molar-refractivity contribution in [2.75, 3.05) is 46.1 Å². The van der Waals surface area contributed by atoms with Crippen LogP contribution >= 0.6 is 0 Å². The fraction of sp³-hybridized carbons (Fsp3) is 0.381. The van der Waals surface area contributed by atoms with Crippen LogP contribution in [0.1, 0.15) is 6.42 Å². The van der Waals surface area contributed by atoms with Crippen LogP contribution in [-0.2, 0) is 10.0 Å². The second-order valence-electron chi connectivity index (χ2n) is 7.52. The van der Waals surface area contributed by atoms with Crippen LogP contribution in [0.15, 0.2) is 47.6 Å². The largest absolute Gasteiger partial charge is 0.493 e. The Balaban J connectivity index is 1.10. The number of ether oxygens (including phenoxy) is 3. The number of nitrogens with zero attached hydrogens (tertiary/aromatic N) is 3. The molecule has 0 aliphatic carbocycles. The Hall–Kier alpha value is -2.82. The minimum atomic E-state index is -3.55. The molecule has 5 rings (SSSR count). The Morgan fingerprint density at radius 1 is 1.10 bits per heavy atom. The van der Waals surface area contributed by atoms with Crippen molar-refractivity contribution in [3.8, 4) is 17.2 Å². The summed E-state index contributed by atoms with van der Waals surface area (Å²) < 4.78 is 44.2. The predicted molar refractivity (Wildman–Crippen MR) is 114 cm³/mol. The van der Waals surface area contributed by atoms with Gasteiger partial charge >= 0.3 is 0 Å². The van der Waals surface area contributed by atoms with Crippen molar-refractivity contribution in [2.24, 2.45) is 0 Å². The molecule has 2 aliphatic heterocycles. The van der Waals surface area contributed by atoms with Gasteiger partial charge in [-0.15, -0.1) is 0 Å². The third-order valence-corrected chi connectivity index (χ3v) is 7.53. The summed E-state index contributed by atoms with van der Waals surface area (Å²) in [6.07, 6.45) is 4.03. The molecule has 0 radical (unpaired) electrons. The van der Waals surface area contributed by atoms with Gasteiger partial charge in [0.05, 0.1) is 6.61 Å². The lowest BCUT2D eigenvalue weighted by Gasteiger charge is -2.33. The summed E-state index contributed by atoms with van der Waals surface area (Å²) in [4.78, 5) is 9.69. The van der Waals surface area contributed by atoms with Crippen LogP contribution in [0.5, 0.6) is 17.2 Å². The molecule has 0 spiro atoms. The van der Waals surface area contributed by atoms with Gasteiger partial charge in [-0.3, -0.25) is 0 Å². The van der Waals surface area contributed by atoms with E-state index < -0.39 is 10.0 Å². The Morgan fingerprint density at radius 2 is 1.94 bits per heavy atom. The van der Waals surface area contributed by atoms with E-state index >= 15 is 0 Å². The molecular formula is C21H24N4O5S. The van der Waals surface area contributed by atoms with Crippen LogP contribution in [-0.4, -0.2) is 73.7 Å². The molecule has 3 aromatic rings. The van der Waals surface area contributed by atoms with Crippen LogP contribution in [0.2, 0.25) is 0 Å². The highest BCUT2D eigenvalue weighted by Crippen LogP contribution is 2.35. The van der Waals surface area contributed by atoms with E-state index in [0.29, 0.717) is 54.5 Å². The van der Waals surface area contributed by atoms with Gasteiger partial charge in [-0.05, 0) is 30.7 Å². The number of hydrogen-bond acceptors (Lipinski definition) is 7. The number of H-pyrrole nitrogens is 1. The summed E-state index contributed by atoms with van der Waals surface area (Å²) >= 11 is 0. The first kappa shape index (κ1) is 20.1. The molecule has 0 unspecified atom stereocenters. The topological polar surface area (TPSA) is 97.0 Å². The van der Waals surface area contributed by atoms with Crippen molar-refractivity contribution < 1.29 is 22.6 Å². The lowest BCUT2D eigenvalue weighted by atomic mass is 10.3. The van der Waals surface area contributed by atoms with E-state index in [0.717, 1.165) is 24.5 Å². The van der Waals surface area contributed by atoms with Crippen LogP contribution < -0.4 is 14.2 Å². The molecular weight excluding hydrogens is 420 g/mol. The predicted octanol–water partition coefficient (Wildman–Crippen LogP) is 2.07. The van der Waals surface area contributed by atoms with Crippen LogP contribution in [0.25, 0.3) is 11.0 Å². The van der Waals surface area contributed by atoms with Gasteiger partial charge in [0.1, 0.15) is 16.3 Å². The molecule has 164 valence electrons.